The number of benzene rings is 2. The van der Waals surface area contributed by atoms with Crippen LogP contribution in [0.5, 0.6) is 0 Å². The normalized spacial score (nSPS) is 15.1. The lowest BCUT2D eigenvalue weighted by atomic mass is 9.95. The molecule has 0 spiro atoms. The van der Waals surface area contributed by atoms with Gasteiger partial charge in [0.1, 0.15) is 5.70 Å². The summed E-state index contributed by atoms with van der Waals surface area (Å²) in [6.07, 6.45) is 5.15. The van der Waals surface area contributed by atoms with Crippen LogP contribution in [-0.4, -0.2) is 22.8 Å². The number of non-ortho nitro benzene ring substituents is 1. The molecule has 1 saturated carbocycles. The number of allylic oxidation sites excluding steroid dienone is 1. The molecule has 30 heavy (non-hydrogen) atoms. The first-order chi connectivity index (χ1) is 14.5. The van der Waals surface area contributed by atoms with E-state index in [0.29, 0.717) is 16.7 Å². The van der Waals surface area contributed by atoms with Gasteiger partial charge in [0, 0.05) is 23.7 Å². The number of nitro benzene ring substituents is 1. The molecule has 0 atom stereocenters. The Labute approximate surface area is 175 Å². The zero-order valence-electron chi connectivity index (χ0n) is 16.9. The van der Waals surface area contributed by atoms with Crippen molar-refractivity contribution in [2.75, 3.05) is 0 Å². The number of carbonyl (C=O) groups excluding carboxylic acids is 2. The smallest absolute Gasteiger partial charge is 0.269 e. The van der Waals surface area contributed by atoms with Gasteiger partial charge in [-0.05, 0) is 55.2 Å². The van der Waals surface area contributed by atoms with E-state index in [1.807, 2.05) is 6.07 Å². The highest BCUT2D eigenvalue weighted by molar-refractivity contribution is 6.07. The number of nitrogens with zero attached hydrogens (tertiary/aromatic N) is 1. The van der Waals surface area contributed by atoms with Crippen LogP contribution in [0.3, 0.4) is 0 Å². The molecule has 0 unspecified atom stereocenters. The van der Waals surface area contributed by atoms with Crippen LogP contribution in [0.1, 0.15) is 54.9 Å². The number of nitro groups is 1. The minimum absolute atomic E-state index is 0.0342. The Hall–Kier alpha value is -3.48. The lowest BCUT2D eigenvalue weighted by Gasteiger charge is -2.24. The van der Waals surface area contributed by atoms with Crippen molar-refractivity contribution in [2.24, 2.45) is 0 Å². The molecular weight excluding hydrogens is 382 g/mol. The zero-order valence-corrected chi connectivity index (χ0v) is 16.9. The average molecular weight is 407 g/mol. The van der Waals surface area contributed by atoms with Crippen molar-refractivity contribution in [3.8, 4) is 0 Å². The Morgan fingerprint density at radius 3 is 2.17 bits per heavy atom. The van der Waals surface area contributed by atoms with Gasteiger partial charge in [-0.1, -0.05) is 37.5 Å². The maximum absolute atomic E-state index is 13.1. The fraction of sp³-hybridized carbons (Fsp3) is 0.304. The summed E-state index contributed by atoms with van der Waals surface area (Å²) in [5, 5.41) is 16.7. The summed E-state index contributed by atoms with van der Waals surface area (Å²) < 4.78 is 0. The van der Waals surface area contributed by atoms with Crippen LogP contribution in [0.2, 0.25) is 0 Å². The summed E-state index contributed by atoms with van der Waals surface area (Å²) in [5.74, 6) is -0.729. The summed E-state index contributed by atoms with van der Waals surface area (Å²) in [6.45, 7) is 1.72. The molecule has 2 aromatic carbocycles. The molecule has 7 heteroatoms. The Balaban J connectivity index is 1.90. The zero-order chi connectivity index (χ0) is 21.5. The van der Waals surface area contributed by atoms with Crippen LogP contribution in [0.4, 0.5) is 5.69 Å². The van der Waals surface area contributed by atoms with E-state index in [9.17, 15) is 19.7 Å². The van der Waals surface area contributed by atoms with E-state index in [1.54, 1.807) is 43.3 Å². The Morgan fingerprint density at radius 2 is 1.57 bits per heavy atom. The molecule has 0 saturated heterocycles. The summed E-state index contributed by atoms with van der Waals surface area (Å²) in [6, 6.07) is 14.7. The number of nitrogens with one attached hydrogen (secondary N) is 2. The molecule has 1 aliphatic carbocycles. The van der Waals surface area contributed by atoms with E-state index in [2.05, 4.69) is 10.6 Å². The Kier molecular flexibility index (Phi) is 6.95. The first-order valence-corrected chi connectivity index (χ1v) is 10.1. The maximum Gasteiger partial charge on any atom is 0.269 e. The van der Waals surface area contributed by atoms with Crippen LogP contribution in [-0.2, 0) is 4.79 Å². The number of hydrogen-bond donors (Lipinski definition) is 2. The van der Waals surface area contributed by atoms with Crippen molar-refractivity contribution in [2.45, 2.75) is 45.1 Å². The molecule has 1 aliphatic rings. The molecule has 7 nitrogen and oxygen atoms in total. The molecule has 0 aromatic heterocycles. The van der Waals surface area contributed by atoms with Crippen molar-refractivity contribution in [3.05, 3.63) is 81.5 Å². The van der Waals surface area contributed by atoms with Gasteiger partial charge < -0.3 is 10.6 Å². The second-order valence-electron chi connectivity index (χ2n) is 7.43. The van der Waals surface area contributed by atoms with E-state index in [-0.39, 0.29) is 29.2 Å². The highest BCUT2D eigenvalue weighted by Gasteiger charge is 2.22. The minimum atomic E-state index is -0.475. The Morgan fingerprint density at radius 1 is 0.933 bits per heavy atom. The number of rotatable bonds is 6. The van der Waals surface area contributed by atoms with Gasteiger partial charge in [0.05, 0.1) is 4.92 Å². The standard InChI is InChI=1S/C23H25N3O4/c1-16(17-12-14-20(15-13-17)26(29)30)21(23(28)24-19-10-6-3-7-11-19)25-22(27)18-8-4-2-5-9-18/h2,4-5,8-9,12-15,19H,3,6-7,10-11H2,1H3,(H,24,28)(H,25,27)/b21-16-. The lowest BCUT2D eigenvalue weighted by molar-refractivity contribution is -0.384. The number of carbonyl (C=O) groups is 2. The summed E-state index contributed by atoms with van der Waals surface area (Å²) >= 11 is 0. The van der Waals surface area contributed by atoms with Gasteiger partial charge in [0.15, 0.2) is 0 Å². The summed E-state index contributed by atoms with van der Waals surface area (Å²) in [5.41, 5.74) is 1.73. The topological polar surface area (TPSA) is 101 Å². The molecule has 3 rings (SSSR count). The van der Waals surface area contributed by atoms with Crippen LogP contribution < -0.4 is 10.6 Å². The third-order valence-corrected chi connectivity index (χ3v) is 5.33. The van der Waals surface area contributed by atoms with E-state index in [1.165, 1.54) is 18.6 Å². The number of amides is 2. The maximum atomic E-state index is 13.1. The van der Waals surface area contributed by atoms with Gasteiger partial charge in [-0.3, -0.25) is 19.7 Å². The van der Waals surface area contributed by atoms with E-state index in [4.69, 9.17) is 0 Å². The fourth-order valence-electron chi connectivity index (χ4n) is 3.58. The van der Waals surface area contributed by atoms with Gasteiger partial charge >= 0.3 is 0 Å². The fourth-order valence-corrected chi connectivity index (χ4v) is 3.58. The minimum Gasteiger partial charge on any atom is -0.348 e. The monoisotopic (exact) mass is 407 g/mol. The first kappa shape index (κ1) is 21.2. The third kappa shape index (κ3) is 5.31. The lowest BCUT2D eigenvalue weighted by Crippen LogP contribution is -2.41. The highest BCUT2D eigenvalue weighted by Crippen LogP contribution is 2.22. The molecule has 2 N–H and O–H groups in total. The molecule has 0 bridgehead atoms. The van der Waals surface area contributed by atoms with Gasteiger partial charge in [-0.15, -0.1) is 0 Å². The van der Waals surface area contributed by atoms with Crippen LogP contribution in [0.15, 0.2) is 60.3 Å². The summed E-state index contributed by atoms with van der Waals surface area (Å²) in [7, 11) is 0. The van der Waals surface area contributed by atoms with Gasteiger partial charge in [0.25, 0.3) is 17.5 Å². The third-order valence-electron chi connectivity index (χ3n) is 5.33. The van der Waals surface area contributed by atoms with Crippen molar-refractivity contribution in [3.63, 3.8) is 0 Å². The number of hydrogen-bond acceptors (Lipinski definition) is 4. The molecule has 0 radical (unpaired) electrons. The molecule has 0 heterocycles. The average Bonchev–Trinajstić information content (AvgIpc) is 2.78. The second kappa shape index (κ2) is 9.82. The molecule has 2 amide bonds. The SMILES string of the molecule is C/C(=C(/NC(=O)c1ccccc1)C(=O)NC1CCCCC1)c1ccc([N+](=O)[O-])cc1. The molecule has 1 fully saturated rings. The second-order valence-corrected chi connectivity index (χ2v) is 7.43. The van der Waals surface area contributed by atoms with Gasteiger partial charge in [0.2, 0.25) is 0 Å². The van der Waals surface area contributed by atoms with Gasteiger partial charge in [-0.25, -0.2) is 0 Å². The highest BCUT2D eigenvalue weighted by atomic mass is 16.6. The van der Waals surface area contributed by atoms with Gasteiger partial charge in [-0.2, -0.15) is 0 Å². The summed E-state index contributed by atoms with van der Waals surface area (Å²) in [4.78, 5) is 36.2. The molecule has 0 aliphatic heterocycles. The van der Waals surface area contributed by atoms with Crippen LogP contribution >= 0.6 is 0 Å². The predicted molar refractivity (Wildman–Crippen MR) is 115 cm³/mol. The van der Waals surface area contributed by atoms with Crippen LogP contribution in [0, 0.1) is 10.1 Å². The van der Waals surface area contributed by atoms with Crippen molar-refractivity contribution >= 4 is 23.1 Å². The quantitative estimate of drug-likeness (QED) is 0.425. The Bertz CT molecular complexity index is 946. The van der Waals surface area contributed by atoms with E-state index >= 15 is 0 Å². The largest absolute Gasteiger partial charge is 0.348 e. The van der Waals surface area contributed by atoms with E-state index < -0.39 is 4.92 Å². The molecule has 156 valence electrons. The molecular formula is C23H25N3O4. The van der Waals surface area contributed by atoms with Crippen molar-refractivity contribution in [1.29, 1.82) is 0 Å². The van der Waals surface area contributed by atoms with Crippen molar-refractivity contribution in [1.82, 2.24) is 10.6 Å². The first-order valence-electron chi connectivity index (χ1n) is 10.1. The molecule has 2 aromatic rings. The van der Waals surface area contributed by atoms with Crippen molar-refractivity contribution < 1.29 is 14.5 Å². The predicted octanol–water partition coefficient (Wildman–Crippen LogP) is 4.20. The van der Waals surface area contributed by atoms with Crippen LogP contribution in [0.25, 0.3) is 5.57 Å². The van der Waals surface area contributed by atoms with E-state index in [0.717, 1.165) is 25.7 Å².